The first-order chi connectivity index (χ1) is 46.9. The molecule has 518 valence electrons. The number of hydrogen-bond acceptors (Lipinski definition) is 24. The van der Waals surface area contributed by atoms with E-state index < -0.39 is 38.7 Å². The van der Waals surface area contributed by atoms with Gasteiger partial charge in [0, 0.05) is 58.6 Å². The van der Waals surface area contributed by atoms with Crippen LogP contribution in [0.4, 0.5) is 11.4 Å². The van der Waals surface area contributed by atoms with Gasteiger partial charge in [-0.1, -0.05) is 0 Å². The first kappa shape index (κ1) is 70.2. The molecule has 6 atom stereocenters. The summed E-state index contributed by atoms with van der Waals surface area (Å²) < 4.78 is 97.6. The number of ether oxygens (including phenoxy) is 14. The van der Waals surface area contributed by atoms with E-state index in [0.717, 1.165) is 73.9 Å². The number of halogens is 1. The van der Waals surface area contributed by atoms with Gasteiger partial charge in [0.15, 0.2) is 46.0 Å². The zero-order chi connectivity index (χ0) is 69.1. The summed E-state index contributed by atoms with van der Waals surface area (Å²) in [4.78, 5) is 39.6. The summed E-state index contributed by atoms with van der Waals surface area (Å²) in [7, 11) is 13.9. The van der Waals surface area contributed by atoms with E-state index in [1.165, 1.54) is 0 Å². The Bertz CT molecular complexity index is 3950. The summed E-state index contributed by atoms with van der Waals surface area (Å²) in [6.45, 7) is 2.19. The van der Waals surface area contributed by atoms with Crippen LogP contribution < -0.4 is 77.5 Å². The van der Waals surface area contributed by atoms with Crippen LogP contribution >= 0.6 is 10.7 Å². The molecule has 0 aromatic heterocycles. The van der Waals surface area contributed by atoms with Crippen molar-refractivity contribution in [3.8, 4) is 69.0 Å². The average molecular weight is 1380 g/mol. The summed E-state index contributed by atoms with van der Waals surface area (Å²) in [6.07, 6.45) is 0.810. The molecule has 29 heteroatoms. The molecule has 4 aliphatic heterocycles. The largest absolute Gasteiger partial charge is 0.497 e. The first-order valence-corrected chi connectivity index (χ1v) is 33.5. The van der Waals surface area contributed by atoms with Crippen LogP contribution in [0.15, 0.2) is 107 Å². The van der Waals surface area contributed by atoms with Gasteiger partial charge in [-0.15, -0.1) is 0 Å². The fraction of sp³-hybridized carbons (Fsp3) is 0.397. The van der Waals surface area contributed by atoms with Crippen LogP contribution in [-0.4, -0.2) is 184 Å². The minimum absolute atomic E-state index is 0.0551. The summed E-state index contributed by atoms with van der Waals surface area (Å²) >= 11 is 0. The number of rotatable bonds is 25. The van der Waals surface area contributed by atoms with Crippen molar-refractivity contribution in [2.24, 2.45) is 33.9 Å². The third-order valence-electron chi connectivity index (χ3n) is 17.0. The molecular formula is C68H77ClN6O21S. The van der Waals surface area contributed by atoms with Crippen molar-refractivity contribution in [1.82, 2.24) is 10.6 Å². The molecule has 4 heterocycles. The van der Waals surface area contributed by atoms with Crippen molar-refractivity contribution in [3.05, 3.63) is 130 Å². The number of aliphatic carboxylic acids is 1. The Morgan fingerprint density at radius 3 is 1.23 bits per heavy atom. The molecule has 0 fully saturated rings. The van der Waals surface area contributed by atoms with Gasteiger partial charge in [-0.2, -0.15) is 10.2 Å². The highest BCUT2D eigenvalue weighted by Gasteiger charge is 2.52. The molecule has 6 aromatic rings. The summed E-state index contributed by atoms with van der Waals surface area (Å²) in [5, 5.41) is 38.1. The lowest BCUT2D eigenvalue weighted by molar-refractivity contribution is -0.138. The number of anilines is 2. The second-order valence-corrected chi connectivity index (χ2v) is 25.7. The topological polar surface area (TPSA) is 310 Å². The van der Waals surface area contributed by atoms with Gasteiger partial charge in [0.2, 0.25) is 46.0 Å². The number of benzene rings is 6. The van der Waals surface area contributed by atoms with Gasteiger partial charge >= 0.3 is 5.97 Å². The van der Waals surface area contributed by atoms with E-state index in [4.69, 9.17) is 86.7 Å². The number of aliphatic hydroxyl groups excluding tert-OH is 1. The molecule has 4 N–H and O–H groups in total. The number of amides is 2. The Labute approximate surface area is 565 Å². The minimum Gasteiger partial charge on any atom is -0.497 e. The van der Waals surface area contributed by atoms with Crippen LogP contribution in [0.1, 0.15) is 51.6 Å². The lowest BCUT2D eigenvalue weighted by Gasteiger charge is -2.38. The van der Waals surface area contributed by atoms with E-state index >= 15 is 0 Å². The third kappa shape index (κ3) is 15.6. The number of hydrazone groups is 2. The maximum Gasteiger partial charge on any atom is 0.305 e. The van der Waals surface area contributed by atoms with Crippen molar-refractivity contribution in [3.63, 3.8) is 0 Å². The number of nitrogens with one attached hydrogen (secondary N) is 2. The first-order valence-electron chi connectivity index (χ1n) is 30.8. The number of aliphatic hydroxyl groups is 1. The molecule has 0 spiro atoms. The third-order valence-corrected chi connectivity index (χ3v) is 17.0. The monoisotopic (exact) mass is 1380 g/mol. The van der Waals surface area contributed by atoms with E-state index in [1.54, 1.807) is 56.9 Å². The van der Waals surface area contributed by atoms with Gasteiger partial charge in [-0.25, -0.2) is 8.42 Å². The van der Waals surface area contributed by atoms with Crippen molar-refractivity contribution in [2.45, 2.75) is 18.3 Å². The molecule has 27 nitrogen and oxygen atoms in total. The number of carboxylic acid groups (broad SMARTS) is 1. The van der Waals surface area contributed by atoms with E-state index in [9.17, 15) is 22.8 Å². The maximum atomic E-state index is 14.4. The van der Waals surface area contributed by atoms with Crippen LogP contribution in [0.25, 0.3) is 0 Å². The van der Waals surface area contributed by atoms with E-state index in [0.29, 0.717) is 70.6 Å². The van der Waals surface area contributed by atoms with Crippen molar-refractivity contribution < 1.29 is 99.3 Å². The van der Waals surface area contributed by atoms with Crippen LogP contribution in [-0.2, 0) is 32.9 Å². The van der Waals surface area contributed by atoms with Crippen LogP contribution in [0.3, 0.4) is 0 Å². The molecular weight excluding hydrogens is 1300 g/mol. The lowest BCUT2D eigenvalue weighted by Crippen LogP contribution is -2.46. The van der Waals surface area contributed by atoms with Crippen LogP contribution in [0.2, 0.25) is 0 Å². The highest BCUT2D eigenvalue weighted by molar-refractivity contribution is 8.13. The molecule has 0 bridgehead atoms. The number of fused-ring (bicyclic) bond motifs is 8. The van der Waals surface area contributed by atoms with Crippen LogP contribution in [0.5, 0.6) is 69.0 Å². The van der Waals surface area contributed by atoms with Gasteiger partial charge in [-0.05, 0) is 119 Å². The Morgan fingerprint density at radius 1 is 0.536 bits per heavy atom. The normalized spacial score (nSPS) is 18.8. The smallest absolute Gasteiger partial charge is 0.305 e. The molecule has 0 saturated heterocycles. The number of methoxy groups -OCH3 is 8. The molecule has 0 radical (unpaired) electrons. The highest BCUT2D eigenvalue weighted by atomic mass is 35.7. The predicted molar refractivity (Wildman–Crippen MR) is 356 cm³/mol. The molecule has 2 aliphatic carbocycles. The quantitative estimate of drug-likeness (QED) is 0.0330. The molecule has 6 aromatic carbocycles. The summed E-state index contributed by atoms with van der Waals surface area (Å²) in [5.41, 5.74) is 8.32. The lowest BCUT2D eigenvalue weighted by atomic mass is 9.65. The SMILES string of the molecule is COc1ccc(N2C[C@@H]3C(=N2)c2cc4c(cc2[C@@H](c2cc(OC)c(OC)c(OC)c2)[C@H]3C(=O)NCCOCCC(=O)O)OCO4)cc1.COc1ccc(N2C[C@@H]3C(=N2)c2cc4c(cc2[C@@H](c2cc(OC)c(OC)c(OC)c2)[C@H]3C(=O)NCCOCCO)OCO4)cc1.CS(=O)(=O)Cl. The number of hydrogen-bond donors (Lipinski definition) is 4. The fourth-order valence-electron chi connectivity index (χ4n) is 12.8. The minimum atomic E-state index is -3.19. The van der Waals surface area contributed by atoms with E-state index in [2.05, 4.69) is 21.3 Å². The van der Waals surface area contributed by atoms with E-state index in [-0.39, 0.29) is 89.8 Å². The molecule has 6 aliphatic rings. The molecule has 2 amide bonds. The molecule has 12 rings (SSSR count). The zero-order valence-corrected chi connectivity index (χ0v) is 56.5. The van der Waals surface area contributed by atoms with Crippen molar-refractivity contribution in [2.75, 3.05) is 146 Å². The Balaban J connectivity index is 0.000000197. The second-order valence-electron chi connectivity index (χ2n) is 22.6. The fourth-order valence-corrected chi connectivity index (χ4v) is 12.8. The molecule has 97 heavy (non-hydrogen) atoms. The maximum absolute atomic E-state index is 14.4. The van der Waals surface area contributed by atoms with Gasteiger partial charge in [-0.3, -0.25) is 24.4 Å². The van der Waals surface area contributed by atoms with Crippen molar-refractivity contribution >= 4 is 60.3 Å². The van der Waals surface area contributed by atoms with Gasteiger partial charge in [0.1, 0.15) is 11.5 Å². The number of nitrogens with zero attached hydrogens (tertiary/aromatic N) is 4. The molecule has 0 unspecified atom stereocenters. The average Bonchev–Trinajstić information content (AvgIpc) is 1.68. The van der Waals surface area contributed by atoms with Gasteiger partial charge in [0.25, 0.3) is 0 Å². The summed E-state index contributed by atoms with van der Waals surface area (Å²) in [5.74, 6) is 2.60. The van der Waals surface area contributed by atoms with Crippen molar-refractivity contribution in [1.29, 1.82) is 0 Å². The highest BCUT2D eigenvalue weighted by Crippen LogP contribution is 2.55. The number of carboxylic acids is 1. The zero-order valence-electron chi connectivity index (χ0n) is 54.9. The Kier molecular flexibility index (Phi) is 22.8. The Hall–Kier alpha value is -9.61. The number of carbonyl (C=O) groups excluding carboxylic acids is 2. The summed E-state index contributed by atoms with van der Waals surface area (Å²) in [6, 6.07) is 30.6. The second kappa shape index (κ2) is 31.5. The van der Waals surface area contributed by atoms with Crippen LogP contribution in [0, 0.1) is 23.7 Å². The molecule has 0 saturated carbocycles. The predicted octanol–water partition coefficient (Wildman–Crippen LogP) is 7.02. The Morgan fingerprint density at radius 2 is 0.897 bits per heavy atom. The van der Waals surface area contributed by atoms with Gasteiger partial charge < -0.3 is 87.2 Å². The van der Waals surface area contributed by atoms with E-state index in [1.807, 2.05) is 107 Å². The standard InChI is InChI=1S/C34H37N3O10.C33H37N3O9.CH3ClO2S/c1-41-21-7-5-20(6-8-21)37-17-24-31(34(40)35-10-12-45-11-9-29(38)39)30(19-13-27(42-2)33(44-4)28(14-19)43-3)22-15-25-26(47-18-46-25)16-23(22)32(24)36-37;1-39-21-7-5-20(6-8-21)36-17-24-30(33(38)34-9-11-43-12-10-37)29(19-13-27(40-2)32(42-4)28(14-19)41-3)22-15-25-26(45-18-44-25)16-23(22)31(24)35-36;1-5(2,3)4/h5-8,13-16,24,30-31H,9-12,17-18H2,1-4H3,(H,35,40)(H,38,39);5-8,13-16,24,29-30,37H,9-12,17-18H2,1-4H3,(H,34,38);1H3/t24-,30+,31-;24-,29+,30-;/m00./s1. The van der Waals surface area contributed by atoms with Gasteiger partial charge in [0.05, 0.1) is 150 Å². The number of carbonyl (C=O) groups is 3.